The Kier molecular flexibility index (Phi) is 6.47. The van der Waals surface area contributed by atoms with E-state index in [4.69, 9.17) is 4.42 Å². The average Bonchev–Trinajstić information content (AvgIpc) is 3.33. The van der Waals surface area contributed by atoms with Crippen molar-refractivity contribution in [2.75, 3.05) is 26.2 Å². The van der Waals surface area contributed by atoms with Gasteiger partial charge in [-0.3, -0.25) is 9.59 Å². The Morgan fingerprint density at radius 1 is 0.973 bits per heavy atom. The molecule has 1 saturated heterocycles. The molecular weight excluding hydrogens is 492 g/mol. The summed E-state index contributed by atoms with van der Waals surface area (Å²) in [5.41, 5.74) is 2.85. The molecule has 9 nitrogen and oxygen atoms in total. The second kappa shape index (κ2) is 9.60. The van der Waals surface area contributed by atoms with Gasteiger partial charge >= 0.3 is 0 Å². The minimum absolute atomic E-state index is 0.185. The fourth-order valence-electron chi connectivity index (χ4n) is 5.05. The number of hydrogen-bond acceptors (Lipinski definition) is 6. The Bertz CT molecular complexity index is 1640. The number of nitrogens with zero attached hydrogens (tertiary/aromatic N) is 3. The van der Waals surface area contributed by atoms with Gasteiger partial charge < -0.3 is 9.32 Å². The molecule has 0 atom stereocenters. The number of sulfonamides is 1. The normalized spacial score (nSPS) is 14.8. The summed E-state index contributed by atoms with van der Waals surface area (Å²) in [5, 5.41) is 7.94. The molecule has 0 radical (unpaired) electrons. The van der Waals surface area contributed by atoms with Gasteiger partial charge in [-0.2, -0.15) is 9.40 Å². The van der Waals surface area contributed by atoms with E-state index >= 15 is 0 Å². The van der Waals surface area contributed by atoms with Crippen LogP contribution in [0.3, 0.4) is 0 Å². The number of H-pyrrole nitrogens is 1. The van der Waals surface area contributed by atoms with E-state index in [-0.39, 0.29) is 43.4 Å². The Morgan fingerprint density at radius 2 is 1.62 bits per heavy atom. The number of piperazine rings is 1. The third-order valence-electron chi connectivity index (χ3n) is 6.72. The van der Waals surface area contributed by atoms with Crippen molar-refractivity contribution < 1.29 is 17.6 Å². The summed E-state index contributed by atoms with van der Waals surface area (Å²) < 4.78 is 34.0. The van der Waals surface area contributed by atoms with Crippen LogP contribution in [0.4, 0.5) is 0 Å². The first-order chi connectivity index (χ1) is 17.6. The molecule has 0 saturated carbocycles. The van der Waals surface area contributed by atoms with Gasteiger partial charge in [-0.25, -0.2) is 13.5 Å². The van der Waals surface area contributed by atoms with E-state index in [0.29, 0.717) is 28.2 Å². The van der Waals surface area contributed by atoms with Gasteiger partial charge in [0.05, 0.1) is 22.4 Å². The Morgan fingerprint density at radius 3 is 2.30 bits per heavy atom. The lowest BCUT2D eigenvalue weighted by atomic mass is 10.1. The standard InChI is InChI=1S/C27H28N4O5S/c1-17-14-18(2)25(19(3)15-17)37(34,35)31-12-10-30(11-13-31)27(33)24-9-8-20(36-24)16-23-21-6-4-5-7-22(21)26(32)29-28-23/h4-9,14-15H,10-13,16H2,1-3H3,(H,29,32). The number of rotatable bonds is 5. The highest BCUT2D eigenvalue weighted by molar-refractivity contribution is 7.89. The van der Waals surface area contributed by atoms with Gasteiger partial charge in [-0.05, 0) is 50.1 Å². The minimum Gasteiger partial charge on any atom is -0.456 e. The van der Waals surface area contributed by atoms with Crippen molar-refractivity contribution in [1.82, 2.24) is 19.4 Å². The van der Waals surface area contributed by atoms with Crippen LogP contribution in [0.2, 0.25) is 0 Å². The maximum atomic E-state index is 13.4. The largest absolute Gasteiger partial charge is 0.456 e. The summed E-state index contributed by atoms with van der Waals surface area (Å²) in [4.78, 5) is 27.1. The molecule has 2 aromatic carbocycles. The zero-order chi connectivity index (χ0) is 26.3. The number of carbonyl (C=O) groups is 1. The molecule has 4 aromatic rings. The summed E-state index contributed by atoms with van der Waals surface area (Å²) in [5.74, 6) is 0.440. The van der Waals surface area contributed by atoms with Crippen LogP contribution >= 0.6 is 0 Å². The lowest BCUT2D eigenvalue weighted by Gasteiger charge is -2.34. The van der Waals surface area contributed by atoms with Crippen LogP contribution in [-0.4, -0.2) is 59.9 Å². The molecule has 1 amide bonds. The van der Waals surface area contributed by atoms with Crippen molar-refractivity contribution >= 4 is 26.7 Å². The number of amides is 1. The number of benzene rings is 2. The fraction of sp³-hybridized carbons (Fsp3) is 0.296. The molecule has 1 fully saturated rings. The molecule has 2 aromatic heterocycles. The van der Waals surface area contributed by atoms with Crippen LogP contribution in [0.15, 0.2) is 62.6 Å². The highest BCUT2D eigenvalue weighted by Gasteiger charge is 2.33. The van der Waals surface area contributed by atoms with Gasteiger partial charge in [0.25, 0.3) is 11.5 Å². The van der Waals surface area contributed by atoms with E-state index < -0.39 is 10.0 Å². The van der Waals surface area contributed by atoms with Crippen LogP contribution in [-0.2, 0) is 16.4 Å². The Hall–Kier alpha value is -3.76. The molecule has 0 unspecified atom stereocenters. The molecule has 1 aliphatic rings. The smallest absolute Gasteiger partial charge is 0.289 e. The van der Waals surface area contributed by atoms with Crippen molar-refractivity contribution in [3.63, 3.8) is 0 Å². The van der Waals surface area contributed by atoms with Crippen molar-refractivity contribution in [3.8, 4) is 0 Å². The van der Waals surface area contributed by atoms with Gasteiger partial charge in [0.1, 0.15) is 5.76 Å². The molecule has 0 bridgehead atoms. The van der Waals surface area contributed by atoms with Crippen LogP contribution in [0.25, 0.3) is 10.8 Å². The molecule has 5 rings (SSSR count). The molecule has 3 heterocycles. The van der Waals surface area contributed by atoms with Crippen molar-refractivity contribution in [3.05, 3.63) is 92.8 Å². The maximum absolute atomic E-state index is 13.4. The molecule has 1 N–H and O–H groups in total. The summed E-state index contributed by atoms with van der Waals surface area (Å²) in [7, 11) is -3.67. The lowest BCUT2D eigenvalue weighted by Crippen LogP contribution is -2.50. The number of nitrogens with one attached hydrogen (secondary N) is 1. The Labute approximate surface area is 214 Å². The van der Waals surface area contributed by atoms with Crippen molar-refractivity contribution in [2.24, 2.45) is 0 Å². The SMILES string of the molecule is Cc1cc(C)c(S(=O)(=O)N2CCN(C(=O)c3ccc(Cc4n[nH]c(=O)c5ccccc45)o3)CC2)c(C)c1. The highest BCUT2D eigenvalue weighted by Crippen LogP contribution is 2.26. The second-order valence-electron chi connectivity index (χ2n) is 9.41. The first-order valence-corrected chi connectivity index (χ1v) is 13.5. The number of aromatic nitrogens is 2. The van der Waals surface area contributed by atoms with Crippen LogP contribution in [0.5, 0.6) is 0 Å². The van der Waals surface area contributed by atoms with E-state index in [1.54, 1.807) is 29.2 Å². The van der Waals surface area contributed by atoms with Gasteiger partial charge in [-0.15, -0.1) is 0 Å². The first kappa shape index (κ1) is 24.9. The predicted molar refractivity (Wildman–Crippen MR) is 139 cm³/mol. The summed E-state index contributed by atoms with van der Waals surface area (Å²) >= 11 is 0. The molecular formula is C27H28N4O5S. The number of hydrogen-bond donors (Lipinski definition) is 1. The van der Waals surface area contributed by atoms with E-state index in [1.807, 2.05) is 45.0 Å². The van der Waals surface area contributed by atoms with E-state index in [1.165, 1.54) is 4.31 Å². The third kappa shape index (κ3) is 4.70. The number of carbonyl (C=O) groups excluding carboxylic acids is 1. The van der Waals surface area contributed by atoms with E-state index in [2.05, 4.69) is 10.2 Å². The molecule has 10 heteroatoms. The zero-order valence-electron chi connectivity index (χ0n) is 20.9. The van der Waals surface area contributed by atoms with Gasteiger partial charge in [0.2, 0.25) is 10.0 Å². The van der Waals surface area contributed by atoms with Crippen LogP contribution in [0.1, 0.15) is 38.7 Å². The zero-order valence-corrected chi connectivity index (χ0v) is 21.8. The van der Waals surface area contributed by atoms with Crippen molar-refractivity contribution in [2.45, 2.75) is 32.1 Å². The topological polar surface area (TPSA) is 117 Å². The number of aryl methyl sites for hydroxylation is 3. The molecule has 192 valence electrons. The third-order valence-corrected chi connectivity index (χ3v) is 8.92. The van der Waals surface area contributed by atoms with Gasteiger partial charge in [-0.1, -0.05) is 35.9 Å². The monoisotopic (exact) mass is 520 g/mol. The Balaban J connectivity index is 1.28. The second-order valence-corrected chi connectivity index (χ2v) is 11.3. The maximum Gasteiger partial charge on any atom is 0.289 e. The molecule has 0 aliphatic carbocycles. The highest BCUT2D eigenvalue weighted by atomic mass is 32.2. The predicted octanol–water partition coefficient (Wildman–Crippen LogP) is 3.18. The van der Waals surface area contributed by atoms with Crippen LogP contribution < -0.4 is 5.56 Å². The lowest BCUT2D eigenvalue weighted by molar-refractivity contribution is 0.0664. The summed E-state index contributed by atoms with van der Waals surface area (Å²) in [6.07, 6.45) is 0.311. The van der Waals surface area contributed by atoms with Crippen LogP contribution in [0, 0.1) is 20.8 Å². The molecule has 0 spiro atoms. The van der Waals surface area contributed by atoms with Gasteiger partial charge in [0, 0.05) is 31.6 Å². The number of furan rings is 1. The number of fused-ring (bicyclic) bond motifs is 1. The van der Waals surface area contributed by atoms with Gasteiger partial charge in [0.15, 0.2) is 5.76 Å². The minimum atomic E-state index is -3.67. The fourth-order valence-corrected chi connectivity index (χ4v) is 6.88. The van der Waals surface area contributed by atoms with E-state index in [9.17, 15) is 18.0 Å². The first-order valence-electron chi connectivity index (χ1n) is 12.1. The number of aromatic amines is 1. The molecule has 1 aliphatic heterocycles. The quantitative estimate of drug-likeness (QED) is 0.432. The summed E-state index contributed by atoms with van der Waals surface area (Å²) in [6, 6.07) is 14.3. The molecule has 37 heavy (non-hydrogen) atoms. The average molecular weight is 521 g/mol. The van der Waals surface area contributed by atoms with E-state index in [0.717, 1.165) is 22.1 Å². The van der Waals surface area contributed by atoms with Crippen molar-refractivity contribution in [1.29, 1.82) is 0 Å². The summed E-state index contributed by atoms with van der Waals surface area (Å²) in [6.45, 7) is 6.52.